The van der Waals surface area contributed by atoms with Crippen LogP contribution in [0.2, 0.25) is 0 Å². The molecule has 2 aromatic carbocycles. The average Bonchev–Trinajstić information content (AvgIpc) is 2.55. The van der Waals surface area contributed by atoms with E-state index in [1.54, 1.807) is 12.1 Å². The van der Waals surface area contributed by atoms with Gasteiger partial charge in [-0.25, -0.2) is 13.1 Å². The molecule has 24 heavy (non-hydrogen) atoms. The third-order valence-electron chi connectivity index (χ3n) is 4.91. The van der Waals surface area contributed by atoms with E-state index in [1.807, 2.05) is 31.2 Å². The molecule has 128 valence electrons. The minimum absolute atomic E-state index is 0.0919. The zero-order valence-electron chi connectivity index (χ0n) is 14.1. The lowest BCUT2D eigenvalue weighted by Gasteiger charge is -2.42. The lowest BCUT2D eigenvalue weighted by molar-refractivity contribution is 0.245. The number of aryl methyl sites for hydroxylation is 1. The Kier molecular flexibility index (Phi) is 4.65. The third-order valence-corrected chi connectivity index (χ3v) is 6.33. The lowest BCUT2D eigenvalue weighted by Crippen LogP contribution is -2.45. The van der Waals surface area contributed by atoms with Crippen LogP contribution in [0.3, 0.4) is 0 Å². The van der Waals surface area contributed by atoms with Gasteiger partial charge in [-0.1, -0.05) is 42.8 Å². The van der Waals surface area contributed by atoms with Gasteiger partial charge in [-0.2, -0.15) is 0 Å². The van der Waals surface area contributed by atoms with Crippen LogP contribution in [0, 0.1) is 6.92 Å². The number of hydrogen-bond acceptors (Lipinski definition) is 3. The molecule has 3 rings (SSSR count). The molecule has 1 N–H and O–H groups in total. The largest absolute Gasteiger partial charge is 0.495 e. The predicted octanol–water partition coefficient (Wildman–Crippen LogP) is 3.40. The summed E-state index contributed by atoms with van der Waals surface area (Å²) in [5, 5.41) is 0. The number of ether oxygens (including phenoxy) is 1. The summed E-state index contributed by atoms with van der Waals surface area (Å²) < 4.78 is 33.6. The van der Waals surface area contributed by atoms with Crippen molar-refractivity contribution >= 4 is 10.0 Å². The SMILES string of the molecule is COc1ccc(C)cc1S(=O)(=O)NCC1(c2ccccc2)CCC1. The Morgan fingerprint density at radius 3 is 2.42 bits per heavy atom. The van der Waals surface area contributed by atoms with Gasteiger partial charge in [-0.3, -0.25) is 0 Å². The lowest BCUT2D eigenvalue weighted by atomic mass is 9.64. The zero-order valence-corrected chi connectivity index (χ0v) is 14.9. The Hall–Kier alpha value is -1.85. The van der Waals surface area contributed by atoms with Crippen LogP contribution in [0.5, 0.6) is 5.75 Å². The number of hydrogen-bond donors (Lipinski definition) is 1. The van der Waals surface area contributed by atoms with Crippen LogP contribution < -0.4 is 9.46 Å². The first-order valence-corrected chi connectivity index (χ1v) is 9.65. The molecule has 0 amide bonds. The van der Waals surface area contributed by atoms with Gasteiger partial charge in [-0.15, -0.1) is 0 Å². The number of nitrogens with one attached hydrogen (secondary N) is 1. The van der Waals surface area contributed by atoms with E-state index >= 15 is 0 Å². The molecule has 0 radical (unpaired) electrons. The first kappa shape index (κ1) is 17.0. The normalized spacial score (nSPS) is 16.4. The summed E-state index contributed by atoms with van der Waals surface area (Å²) in [5.74, 6) is 0.371. The van der Waals surface area contributed by atoms with Crippen LogP contribution in [0.4, 0.5) is 0 Å². The summed E-state index contributed by atoms with van der Waals surface area (Å²) in [7, 11) is -2.13. The van der Waals surface area contributed by atoms with Gasteiger partial charge in [0.25, 0.3) is 0 Å². The van der Waals surface area contributed by atoms with Gasteiger partial charge in [0.1, 0.15) is 10.6 Å². The molecule has 1 saturated carbocycles. The molecule has 0 atom stereocenters. The zero-order chi connectivity index (χ0) is 17.2. The molecule has 2 aromatic rings. The molecule has 1 aliphatic rings. The molecule has 4 nitrogen and oxygen atoms in total. The second-order valence-corrected chi connectivity index (χ2v) is 8.21. The molecule has 1 aliphatic carbocycles. The van der Waals surface area contributed by atoms with Crippen molar-refractivity contribution in [2.45, 2.75) is 36.5 Å². The molecular weight excluding hydrogens is 322 g/mol. The van der Waals surface area contributed by atoms with Gasteiger partial charge in [0.05, 0.1) is 7.11 Å². The van der Waals surface area contributed by atoms with Crippen molar-refractivity contribution in [3.05, 3.63) is 59.7 Å². The Bertz CT molecular complexity index is 812. The van der Waals surface area contributed by atoms with Crippen LogP contribution in [-0.2, 0) is 15.4 Å². The summed E-state index contributed by atoms with van der Waals surface area (Å²) in [5.41, 5.74) is 2.00. The highest BCUT2D eigenvalue weighted by atomic mass is 32.2. The first-order valence-electron chi connectivity index (χ1n) is 8.17. The van der Waals surface area contributed by atoms with Gasteiger partial charge in [0.15, 0.2) is 0 Å². The third kappa shape index (κ3) is 3.19. The fraction of sp³-hybridized carbons (Fsp3) is 0.368. The van der Waals surface area contributed by atoms with Crippen molar-refractivity contribution in [3.63, 3.8) is 0 Å². The second-order valence-electron chi connectivity index (χ2n) is 6.48. The van der Waals surface area contributed by atoms with Crippen LogP contribution >= 0.6 is 0 Å². The van der Waals surface area contributed by atoms with E-state index in [9.17, 15) is 8.42 Å². The van der Waals surface area contributed by atoms with Crippen molar-refractivity contribution in [1.82, 2.24) is 4.72 Å². The fourth-order valence-corrected chi connectivity index (χ4v) is 4.65. The highest BCUT2D eigenvalue weighted by Crippen LogP contribution is 2.43. The fourth-order valence-electron chi connectivity index (χ4n) is 3.27. The molecule has 0 spiro atoms. The molecular formula is C19H23NO3S. The predicted molar refractivity (Wildman–Crippen MR) is 94.9 cm³/mol. The van der Waals surface area contributed by atoms with Gasteiger partial charge < -0.3 is 4.74 Å². The van der Waals surface area contributed by atoms with E-state index in [2.05, 4.69) is 16.9 Å². The Morgan fingerprint density at radius 2 is 1.83 bits per heavy atom. The van der Waals surface area contributed by atoms with Gasteiger partial charge >= 0.3 is 0 Å². The van der Waals surface area contributed by atoms with Crippen molar-refractivity contribution in [3.8, 4) is 5.75 Å². The molecule has 1 fully saturated rings. The van der Waals surface area contributed by atoms with Crippen molar-refractivity contribution in [2.24, 2.45) is 0 Å². The topological polar surface area (TPSA) is 55.4 Å². The average molecular weight is 345 g/mol. The van der Waals surface area contributed by atoms with Crippen LogP contribution in [0.15, 0.2) is 53.4 Å². The Balaban J connectivity index is 1.84. The number of methoxy groups -OCH3 is 1. The highest BCUT2D eigenvalue weighted by molar-refractivity contribution is 7.89. The molecule has 0 bridgehead atoms. The van der Waals surface area contributed by atoms with Crippen LogP contribution in [-0.4, -0.2) is 22.1 Å². The second kappa shape index (κ2) is 6.57. The summed E-state index contributed by atoms with van der Waals surface area (Å²) in [6, 6.07) is 15.4. The highest BCUT2D eigenvalue weighted by Gasteiger charge is 2.39. The number of sulfonamides is 1. The molecule has 0 aliphatic heterocycles. The van der Waals surface area contributed by atoms with Crippen molar-refractivity contribution in [1.29, 1.82) is 0 Å². The molecule has 5 heteroatoms. The smallest absolute Gasteiger partial charge is 0.244 e. The molecule has 0 unspecified atom stereocenters. The van der Waals surface area contributed by atoms with Gasteiger partial charge in [0, 0.05) is 12.0 Å². The van der Waals surface area contributed by atoms with Gasteiger partial charge in [0.2, 0.25) is 10.0 Å². The van der Waals surface area contributed by atoms with Gasteiger partial charge in [-0.05, 0) is 43.0 Å². The molecule has 0 saturated heterocycles. The Morgan fingerprint density at radius 1 is 1.12 bits per heavy atom. The standard InChI is InChI=1S/C19H23NO3S/c1-15-9-10-17(23-2)18(13-15)24(21,22)20-14-19(11-6-12-19)16-7-4-3-5-8-16/h3-5,7-10,13,20H,6,11-12,14H2,1-2H3. The van der Waals surface area contributed by atoms with Crippen LogP contribution in [0.25, 0.3) is 0 Å². The summed E-state index contributed by atoms with van der Waals surface area (Å²) in [6.45, 7) is 2.28. The summed E-state index contributed by atoms with van der Waals surface area (Å²) in [4.78, 5) is 0.201. The monoisotopic (exact) mass is 345 g/mol. The van der Waals surface area contributed by atoms with E-state index < -0.39 is 10.0 Å². The van der Waals surface area contributed by atoms with E-state index in [0.717, 1.165) is 24.8 Å². The Labute approximate surface area is 143 Å². The van der Waals surface area contributed by atoms with Crippen molar-refractivity contribution < 1.29 is 13.2 Å². The minimum atomic E-state index is -3.62. The van der Waals surface area contributed by atoms with E-state index in [-0.39, 0.29) is 10.3 Å². The van der Waals surface area contributed by atoms with Crippen molar-refractivity contribution in [2.75, 3.05) is 13.7 Å². The number of rotatable bonds is 6. The summed E-state index contributed by atoms with van der Waals surface area (Å²) in [6.07, 6.45) is 3.14. The quantitative estimate of drug-likeness (QED) is 0.873. The van der Waals surface area contributed by atoms with Crippen LogP contribution in [0.1, 0.15) is 30.4 Å². The maximum Gasteiger partial charge on any atom is 0.244 e. The minimum Gasteiger partial charge on any atom is -0.495 e. The maximum absolute atomic E-state index is 12.8. The summed E-state index contributed by atoms with van der Waals surface area (Å²) >= 11 is 0. The van der Waals surface area contributed by atoms with E-state index in [1.165, 1.54) is 12.7 Å². The number of benzene rings is 2. The maximum atomic E-state index is 12.8. The van der Waals surface area contributed by atoms with E-state index in [4.69, 9.17) is 4.74 Å². The first-order chi connectivity index (χ1) is 11.5. The molecule has 0 aromatic heterocycles. The molecule has 0 heterocycles. The van der Waals surface area contributed by atoms with E-state index in [0.29, 0.717) is 12.3 Å².